The van der Waals surface area contributed by atoms with Crippen molar-refractivity contribution in [2.75, 3.05) is 11.9 Å². The average molecular weight is 328 g/mol. The van der Waals surface area contributed by atoms with Gasteiger partial charge in [-0.15, -0.1) is 11.3 Å². The first-order valence-corrected chi connectivity index (χ1v) is 8.17. The van der Waals surface area contributed by atoms with E-state index in [4.69, 9.17) is 4.74 Å². The number of carbonyl (C=O) groups excluding carboxylic acids is 2. The van der Waals surface area contributed by atoms with E-state index in [-0.39, 0.29) is 24.6 Å². The summed E-state index contributed by atoms with van der Waals surface area (Å²) < 4.78 is 5.07. The van der Waals surface area contributed by atoms with E-state index in [9.17, 15) is 9.59 Å². The Morgan fingerprint density at radius 2 is 2.04 bits per heavy atom. The first kappa shape index (κ1) is 15.3. The number of hydrogen-bond donors (Lipinski definition) is 2. The van der Waals surface area contributed by atoms with E-state index in [0.29, 0.717) is 5.69 Å². The molecular weight excluding hydrogens is 312 g/mol. The van der Waals surface area contributed by atoms with Gasteiger partial charge in [-0.2, -0.15) is 0 Å². The summed E-state index contributed by atoms with van der Waals surface area (Å²) in [6.07, 6.45) is 0.277. The number of carbonyl (C=O) groups is 2. The lowest BCUT2D eigenvalue weighted by Gasteiger charge is -2.06. The maximum absolute atomic E-state index is 12.3. The van der Waals surface area contributed by atoms with Crippen molar-refractivity contribution in [2.45, 2.75) is 13.3 Å². The maximum atomic E-state index is 12.3. The summed E-state index contributed by atoms with van der Waals surface area (Å²) in [5.41, 5.74) is 1.52. The van der Waals surface area contributed by atoms with Gasteiger partial charge < -0.3 is 15.0 Å². The van der Waals surface area contributed by atoms with Crippen LogP contribution in [0, 0.1) is 0 Å². The molecule has 0 radical (unpaired) electrons. The molecule has 2 heterocycles. The molecule has 2 aromatic heterocycles. The highest BCUT2D eigenvalue weighted by Gasteiger charge is 2.20. The van der Waals surface area contributed by atoms with E-state index in [2.05, 4.69) is 10.3 Å². The number of esters is 1. The molecule has 6 heteroatoms. The molecule has 23 heavy (non-hydrogen) atoms. The lowest BCUT2D eigenvalue weighted by molar-refractivity contribution is -0.115. The quantitative estimate of drug-likeness (QED) is 0.703. The van der Waals surface area contributed by atoms with Gasteiger partial charge in [0.2, 0.25) is 5.91 Å². The largest absolute Gasteiger partial charge is 0.461 e. The number of nitrogens with one attached hydrogen (secondary N) is 2. The van der Waals surface area contributed by atoms with Gasteiger partial charge in [-0.05, 0) is 24.4 Å². The standard InChI is InChI=1S/C17H16N2O3S/c1-2-22-17(21)16-15(12-7-3-4-8-13(12)18-16)19-14(20)10-11-6-5-9-23-11/h3-9,18H,2,10H2,1H3,(H,19,20). The number of rotatable bonds is 5. The SMILES string of the molecule is CCOC(=O)c1[nH]c2ccccc2c1NC(=O)Cc1cccs1. The third-order valence-corrected chi connectivity index (χ3v) is 4.24. The first-order valence-electron chi connectivity index (χ1n) is 7.29. The molecular formula is C17H16N2O3S. The zero-order valence-corrected chi connectivity index (χ0v) is 13.4. The van der Waals surface area contributed by atoms with Gasteiger partial charge in [-0.25, -0.2) is 4.79 Å². The summed E-state index contributed by atoms with van der Waals surface area (Å²) >= 11 is 1.53. The molecule has 0 fully saturated rings. The highest BCUT2D eigenvalue weighted by atomic mass is 32.1. The van der Waals surface area contributed by atoms with Crippen molar-refractivity contribution >= 4 is 39.8 Å². The Morgan fingerprint density at radius 1 is 1.22 bits per heavy atom. The van der Waals surface area contributed by atoms with Gasteiger partial charge in [-0.1, -0.05) is 24.3 Å². The summed E-state index contributed by atoms with van der Waals surface area (Å²) in [6, 6.07) is 11.3. The number of ether oxygens (including phenoxy) is 1. The number of fused-ring (bicyclic) bond motifs is 1. The molecule has 5 nitrogen and oxygen atoms in total. The van der Waals surface area contributed by atoms with Gasteiger partial charge in [0.05, 0.1) is 18.7 Å². The molecule has 0 aliphatic rings. The number of H-pyrrole nitrogens is 1. The Balaban J connectivity index is 1.92. The van der Waals surface area contributed by atoms with Crippen molar-refractivity contribution in [3.8, 4) is 0 Å². The molecule has 1 aromatic carbocycles. The molecule has 118 valence electrons. The first-order chi connectivity index (χ1) is 11.2. The van der Waals surface area contributed by atoms with Gasteiger partial charge in [0, 0.05) is 15.8 Å². The highest BCUT2D eigenvalue weighted by Crippen LogP contribution is 2.28. The number of benzene rings is 1. The lowest BCUT2D eigenvalue weighted by Crippen LogP contribution is -2.16. The molecule has 0 spiro atoms. The van der Waals surface area contributed by atoms with Gasteiger partial charge >= 0.3 is 5.97 Å². The smallest absolute Gasteiger partial charge is 0.356 e. The van der Waals surface area contributed by atoms with Crippen LogP contribution in [0.2, 0.25) is 0 Å². The van der Waals surface area contributed by atoms with Crippen molar-refractivity contribution in [1.29, 1.82) is 0 Å². The lowest BCUT2D eigenvalue weighted by atomic mass is 10.2. The van der Waals surface area contributed by atoms with Crippen LogP contribution in [-0.4, -0.2) is 23.5 Å². The van der Waals surface area contributed by atoms with Gasteiger partial charge in [-0.3, -0.25) is 4.79 Å². The molecule has 0 bridgehead atoms. The fourth-order valence-electron chi connectivity index (χ4n) is 2.38. The Hall–Kier alpha value is -2.60. The maximum Gasteiger partial charge on any atom is 0.356 e. The number of aromatic nitrogens is 1. The fourth-order valence-corrected chi connectivity index (χ4v) is 3.09. The van der Waals surface area contributed by atoms with Crippen LogP contribution < -0.4 is 5.32 Å². The molecule has 0 unspecified atom stereocenters. The number of aromatic amines is 1. The van der Waals surface area contributed by atoms with Gasteiger partial charge in [0.1, 0.15) is 5.69 Å². The molecule has 0 aliphatic carbocycles. The van der Waals surface area contributed by atoms with Crippen molar-refractivity contribution in [3.05, 3.63) is 52.3 Å². The van der Waals surface area contributed by atoms with Crippen LogP contribution in [0.1, 0.15) is 22.3 Å². The summed E-state index contributed by atoms with van der Waals surface area (Å²) in [4.78, 5) is 28.4. The molecule has 0 saturated heterocycles. The molecule has 0 aliphatic heterocycles. The van der Waals surface area contributed by atoms with E-state index < -0.39 is 5.97 Å². The van der Waals surface area contributed by atoms with Gasteiger partial charge in [0.25, 0.3) is 0 Å². The second-order valence-electron chi connectivity index (χ2n) is 4.95. The summed E-state index contributed by atoms with van der Waals surface area (Å²) in [5, 5.41) is 5.56. The predicted octanol–water partition coefficient (Wildman–Crippen LogP) is 3.59. The van der Waals surface area contributed by atoms with E-state index in [1.54, 1.807) is 6.92 Å². The minimum absolute atomic E-state index is 0.164. The molecule has 3 rings (SSSR count). The van der Waals surface area contributed by atoms with Crippen LogP contribution in [0.3, 0.4) is 0 Å². The summed E-state index contributed by atoms with van der Waals surface area (Å²) in [7, 11) is 0. The number of thiophene rings is 1. The van der Waals surface area contributed by atoms with Crippen LogP contribution in [0.25, 0.3) is 10.9 Å². The number of amides is 1. The zero-order chi connectivity index (χ0) is 16.2. The summed E-state index contributed by atoms with van der Waals surface area (Å²) in [5.74, 6) is -0.641. The van der Waals surface area contributed by atoms with E-state index in [1.165, 1.54) is 11.3 Å². The van der Waals surface area contributed by atoms with Crippen LogP contribution in [0.5, 0.6) is 0 Å². The van der Waals surface area contributed by atoms with E-state index in [0.717, 1.165) is 15.8 Å². The number of hydrogen-bond acceptors (Lipinski definition) is 4. The van der Waals surface area contributed by atoms with Crippen LogP contribution >= 0.6 is 11.3 Å². The Bertz CT molecular complexity index is 837. The fraction of sp³-hybridized carbons (Fsp3) is 0.176. The van der Waals surface area contributed by atoms with Crippen LogP contribution in [-0.2, 0) is 16.0 Å². The second-order valence-corrected chi connectivity index (χ2v) is 5.98. The van der Waals surface area contributed by atoms with Crippen molar-refractivity contribution in [2.24, 2.45) is 0 Å². The summed E-state index contributed by atoms with van der Waals surface area (Å²) in [6.45, 7) is 2.02. The number of para-hydroxylation sites is 1. The van der Waals surface area contributed by atoms with Crippen molar-refractivity contribution < 1.29 is 14.3 Å². The van der Waals surface area contributed by atoms with Crippen molar-refractivity contribution in [1.82, 2.24) is 4.98 Å². The van der Waals surface area contributed by atoms with E-state index >= 15 is 0 Å². The minimum atomic E-state index is -0.477. The van der Waals surface area contributed by atoms with Crippen LogP contribution in [0.15, 0.2) is 41.8 Å². The molecule has 1 amide bonds. The van der Waals surface area contributed by atoms with Crippen molar-refractivity contribution in [3.63, 3.8) is 0 Å². The highest BCUT2D eigenvalue weighted by molar-refractivity contribution is 7.10. The van der Waals surface area contributed by atoms with Gasteiger partial charge in [0.15, 0.2) is 0 Å². The third-order valence-electron chi connectivity index (χ3n) is 3.36. The number of anilines is 1. The monoisotopic (exact) mass is 328 g/mol. The second kappa shape index (κ2) is 6.66. The average Bonchev–Trinajstić information content (AvgIpc) is 3.16. The molecule has 3 aromatic rings. The molecule has 2 N–H and O–H groups in total. The minimum Gasteiger partial charge on any atom is -0.461 e. The normalized spacial score (nSPS) is 10.7. The molecule has 0 atom stereocenters. The predicted molar refractivity (Wildman–Crippen MR) is 90.9 cm³/mol. The third kappa shape index (κ3) is 3.27. The van der Waals surface area contributed by atoms with Crippen LogP contribution in [0.4, 0.5) is 5.69 Å². The Morgan fingerprint density at radius 3 is 2.78 bits per heavy atom. The zero-order valence-electron chi connectivity index (χ0n) is 12.6. The topological polar surface area (TPSA) is 71.2 Å². The molecule has 0 saturated carbocycles. The Kier molecular flexibility index (Phi) is 4.43. The Labute approximate surface area is 137 Å². The van der Waals surface area contributed by atoms with E-state index in [1.807, 2.05) is 41.8 Å².